The number of hydrogen-bond donors (Lipinski definition) is 1. The number of carbonyl (C=O) groups excluding carboxylic acids is 2. The summed E-state index contributed by atoms with van der Waals surface area (Å²) in [5.74, 6) is -1.56. The Morgan fingerprint density at radius 3 is 2.34 bits per heavy atom. The van der Waals surface area contributed by atoms with E-state index in [9.17, 15) is 14.7 Å². The van der Waals surface area contributed by atoms with E-state index in [1.54, 1.807) is 48.8 Å². The van der Waals surface area contributed by atoms with Crippen molar-refractivity contribution < 1.29 is 14.7 Å². The van der Waals surface area contributed by atoms with Crippen LogP contribution in [0.15, 0.2) is 84.7 Å². The highest BCUT2D eigenvalue weighted by atomic mass is 16.3. The number of aliphatic hydroxyl groups excluding tert-OH is 1. The minimum atomic E-state index is -0.753. The maximum absolute atomic E-state index is 13.0. The molecule has 1 aliphatic rings. The van der Waals surface area contributed by atoms with Crippen molar-refractivity contribution in [3.8, 4) is 0 Å². The maximum atomic E-state index is 13.0. The molecule has 1 aliphatic heterocycles. The summed E-state index contributed by atoms with van der Waals surface area (Å²) in [5, 5.41) is 10.9. The van der Waals surface area contributed by atoms with Crippen LogP contribution in [0.1, 0.15) is 29.7 Å². The number of carbonyl (C=O) groups is 2. The number of Topliss-reactive ketones (excluding diaryl/α,β-unsaturated/α-hetero) is 1. The van der Waals surface area contributed by atoms with Crippen molar-refractivity contribution in [2.75, 3.05) is 4.90 Å². The predicted molar refractivity (Wildman–Crippen MR) is 111 cm³/mol. The molecule has 0 radical (unpaired) electrons. The zero-order valence-electron chi connectivity index (χ0n) is 15.9. The zero-order valence-corrected chi connectivity index (χ0v) is 15.9. The van der Waals surface area contributed by atoms with E-state index in [1.165, 1.54) is 4.90 Å². The quantitative estimate of drug-likeness (QED) is 0.414. The van der Waals surface area contributed by atoms with Gasteiger partial charge >= 0.3 is 0 Å². The van der Waals surface area contributed by atoms with E-state index in [-0.39, 0.29) is 11.3 Å². The third-order valence-corrected chi connectivity index (χ3v) is 5.11. The third kappa shape index (κ3) is 3.31. The van der Waals surface area contributed by atoms with E-state index in [1.807, 2.05) is 30.3 Å². The molecule has 4 rings (SSSR count). The molecule has 1 unspecified atom stereocenters. The van der Waals surface area contributed by atoms with Crippen LogP contribution in [0.5, 0.6) is 0 Å². The summed E-state index contributed by atoms with van der Waals surface area (Å²) < 4.78 is 0. The lowest BCUT2D eigenvalue weighted by molar-refractivity contribution is -0.132. The predicted octanol–water partition coefficient (Wildman–Crippen LogP) is 4.27. The fraction of sp³-hybridized carbons (Fsp3) is 0.125. The number of aromatic nitrogens is 1. The first-order chi connectivity index (χ1) is 14.1. The molecule has 1 amide bonds. The average molecular weight is 384 g/mol. The molecular weight excluding hydrogens is 364 g/mol. The molecule has 1 fully saturated rings. The fourth-order valence-corrected chi connectivity index (χ4v) is 3.60. The van der Waals surface area contributed by atoms with Crippen LogP contribution < -0.4 is 4.90 Å². The van der Waals surface area contributed by atoms with Crippen molar-refractivity contribution in [2.45, 2.75) is 19.4 Å². The first-order valence-corrected chi connectivity index (χ1v) is 9.47. The van der Waals surface area contributed by atoms with Gasteiger partial charge in [0, 0.05) is 23.6 Å². The highest BCUT2D eigenvalue weighted by Gasteiger charge is 2.47. The highest BCUT2D eigenvalue weighted by Crippen LogP contribution is 2.41. The molecule has 1 saturated heterocycles. The van der Waals surface area contributed by atoms with E-state index in [4.69, 9.17) is 0 Å². The Bertz CT molecular complexity index is 1070. The molecular formula is C24H20N2O3. The number of pyridine rings is 1. The molecule has 1 atom stereocenters. The minimum absolute atomic E-state index is 0.0637. The number of nitrogens with zero attached hydrogens (tertiary/aromatic N) is 2. The van der Waals surface area contributed by atoms with Crippen LogP contribution in [0, 0.1) is 0 Å². The van der Waals surface area contributed by atoms with Crippen molar-refractivity contribution in [2.24, 2.45) is 0 Å². The van der Waals surface area contributed by atoms with Crippen molar-refractivity contribution in [3.05, 3.63) is 101 Å². The average Bonchev–Trinajstić information content (AvgIpc) is 3.05. The summed E-state index contributed by atoms with van der Waals surface area (Å²) in [6.07, 6.45) is 4.12. The van der Waals surface area contributed by atoms with Gasteiger partial charge in [0.1, 0.15) is 5.76 Å². The minimum Gasteiger partial charge on any atom is -0.507 e. The van der Waals surface area contributed by atoms with Gasteiger partial charge in [0.15, 0.2) is 0 Å². The number of anilines is 1. The lowest BCUT2D eigenvalue weighted by Crippen LogP contribution is -2.29. The second-order valence-corrected chi connectivity index (χ2v) is 6.84. The molecule has 1 aromatic heterocycles. The lowest BCUT2D eigenvalue weighted by atomic mass is 9.96. The van der Waals surface area contributed by atoms with Crippen molar-refractivity contribution in [1.29, 1.82) is 0 Å². The van der Waals surface area contributed by atoms with Crippen molar-refractivity contribution >= 4 is 23.1 Å². The molecule has 0 bridgehead atoms. The molecule has 1 N–H and O–H groups in total. The molecule has 0 saturated carbocycles. The van der Waals surface area contributed by atoms with Crippen LogP contribution in [-0.4, -0.2) is 21.8 Å². The number of ketones is 1. The van der Waals surface area contributed by atoms with Gasteiger partial charge in [0.2, 0.25) is 0 Å². The second kappa shape index (κ2) is 7.72. The fourth-order valence-electron chi connectivity index (χ4n) is 3.60. The smallest absolute Gasteiger partial charge is 0.300 e. The normalized spacial score (nSPS) is 18.2. The Kier molecular flexibility index (Phi) is 4.96. The summed E-state index contributed by atoms with van der Waals surface area (Å²) in [7, 11) is 0. The summed E-state index contributed by atoms with van der Waals surface area (Å²) in [4.78, 5) is 31.6. The van der Waals surface area contributed by atoms with Crippen LogP contribution in [0.3, 0.4) is 0 Å². The summed E-state index contributed by atoms with van der Waals surface area (Å²) in [6.45, 7) is 2.05. The summed E-state index contributed by atoms with van der Waals surface area (Å²) >= 11 is 0. The van der Waals surface area contributed by atoms with E-state index < -0.39 is 17.7 Å². The third-order valence-electron chi connectivity index (χ3n) is 5.11. The molecule has 2 heterocycles. The Hall–Kier alpha value is -3.73. The second-order valence-electron chi connectivity index (χ2n) is 6.84. The van der Waals surface area contributed by atoms with Gasteiger partial charge in [-0.2, -0.15) is 0 Å². The van der Waals surface area contributed by atoms with Crippen LogP contribution >= 0.6 is 0 Å². The topological polar surface area (TPSA) is 70.5 Å². The van der Waals surface area contributed by atoms with Gasteiger partial charge in [-0.25, -0.2) is 0 Å². The van der Waals surface area contributed by atoms with E-state index in [2.05, 4.69) is 11.9 Å². The van der Waals surface area contributed by atoms with Crippen LogP contribution in [0.2, 0.25) is 0 Å². The van der Waals surface area contributed by atoms with Gasteiger partial charge in [0.05, 0.1) is 11.6 Å². The van der Waals surface area contributed by atoms with E-state index in [0.717, 1.165) is 12.0 Å². The SMILES string of the molecule is CCc1ccc(N2C(=O)C(=O)/C(=C(\O)c3ccccc3)C2c2cccnc2)cc1. The Morgan fingerprint density at radius 1 is 1.00 bits per heavy atom. The van der Waals surface area contributed by atoms with Crippen molar-refractivity contribution in [3.63, 3.8) is 0 Å². The molecule has 5 nitrogen and oxygen atoms in total. The Morgan fingerprint density at radius 2 is 1.72 bits per heavy atom. The van der Waals surface area contributed by atoms with Gasteiger partial charge in [-0.3, -0.25) is 19.5 Å². The zero-order chi connectivity index (χ0) is 20.4. The number of amides is 1. The van der Waals surface area contributed by atoms with Gasteiger partial charge in [-0.05, 0) is 35.7 Å². The van der Waals surface area contributed by atoms with Gasteiger partial charge in [-0.1, -0.05) is 55.5 Å². The van der Waals surface area contributed by atoms with Crippen LogP contribution in [0.25, 0.3) is 5.76 Å². The molecule has 0 spiro atoms. The number of benzene rings is 2. The summed E-state index contributed by atoms with van der Waals surface area (Å²) in [5.41, 5.74) is 2.94. The lowest BCUT2D eigenvalue weighted by Gasteiger charge is -2.25. The number of aryl methyl sites for hydroxylation is 1. The molecule has 5 heteroatoms. The van der Waals surface area contributed by atoms with E-state index >= 15 is 0 Å². The highest BCUT2D eigenvalue weighted by molar-refractivity contribution is 6.51. The van der Waals surface area contributed by atoms with Crippen LogP contribution in [0.4, 0.5) is 5.69 Å². The largest absolute Gasteiger partial charge is 0.507 e. The molecule has 29 heavy (non-hydrogen) atoms. The van der Waals surface area contributed by atoms with Gasteiger partial charge < -0.3 is 5.11 Å². The van der Waals surface area contributed by atoms with Gasteiger partial charge in [-0.15, -0.1) is 0 Å². The monoisotopic (exact) mass is 384 g/mol. The van der Waals surface area contributed by atoms with Crippen molar-refractivity contribution in [1.82, 2.24) is 4.98 Å². The van der Waals surface area contributed by atoms with E-state index in [0.29, 0.717) is 16.8 Å². The number of rotatable bonds is 4. The van der Waals surface area contributed by atoms with Crippen LogP contribution in [-0.2, 0) is 16.0 Å². The van der Waals surface area contributed by atoms with Gasteiger partial charge in [0.25, 0.3) is 11.7 Å². The number of hydrogen-bond acceptors (Lipinski definition) is 4. The number of aliphatic hydroxyl groups is 1. The molecule has 144 valence electrons. The molecule has 3 aromatic rings. The first-order valence-electron chi connectivity index (χ1n) is 9.47. The maximum Gasteiger partial charge on any atom is 0.300 e. The molecule has 0 aliphatic carbocycles. The Balaban J connectivity index is 1.91. The Labute approximate surface area is 169 Å². The summed E-state index contributed by atoms with van der Waals surface area (Å²) in [6, 6.07) is 19.1. The standard InChI is InChI=1S/C24H20N2O3/c1-2-16-10-12-19(13-11-16)26-21(18-9-6-14-25-15-18)20(23(28)24(26)29)22(27)17-7-4-3-5-8-17/h3-15,21,27H,2H2,1H3/b22-20-. The molecule has 2 aromatic carbocycles. The first kappa shape index (κ1) is 18.6.